The minimum absolute atomic E-state index is 0.451. The number of pyridine rings is 1. The van der Waals surface area contributed by atoms with E-state index in [9.17, 15) is 4.79 Å². The lowest BCUT2D eigenvalue weighted by molar-refractivity contribution is 0.100. The Hall–Kier alpha value is -3.96. The topological polar surface area (TPSA) is 68.5 Å². The fourth-order valence-electron chi connectivity index (χ4n) is 5.38. The molecule has 5 heteroatoms. The Morgan fingerprint density at radius 1 is 0.947 bits per heavy atom. The molecule has 1 aliphatic rings. The summed E-state index contributed by atoms with van der Waals surface area (Å²) < 4.78 is 6.53. The van der Waals surface area contributed by atoms with Gasteiger partial charge in [-0.15, -0.1) is 0 Å². The van der Waals surface area contributed by atoms with Gasteiger partial charge in [0.2, 0.25) is 5.91 Å². The van der Waals surface area contributed by atoms with Gasteiger partial charge in [0.25, 0.3) is 0 Å². The van der Waals surface area contributed by atoms with Gasteiger partial charge in [0.05, 0.1) is 5.69 Å². The number of primary amides is 1. The summed E-state index contributed by atoms with van der Waals surface area (Å²) in [5.74, 6) is 1.01. The van der Waals surface area contributed by atoms with E-state index >= 15 is 0 Å². The molecule has 0 saturated heterocycles. The number of ether oxygens (including phenoxy) is 1. The number of carbonyl (C=O) groups is 1. The zero-order valence-electron chi connectivity index (χ0n) is 22.5. The van der Waals surface area contributed by atoms with Crippen molar-refractivity contribution in [3.05, 3.63) is 112 Å². The highest BCUT2D eigenvalue weighted by atomic mass is 16.5. The Bertz CT molecular complexity index is 1440. The molecule has 0 aliphatic carbocycles. The van der Waals surface area contributed by atoms with Gasteiger partial charge in [-0.25, -0.2) is 0 Å². The Labute approximate surface area is 225 Å². The molecule has 38 heavy (non-hydrogen) atoms. The number of nitrogens with two attached hydrogens (primary N) is 1. The summed E-state index contributed by atoms with van der Waals surface area (Å²) in [6.07, 6.45) is 2.91. The molecule has 2 heterocycles. The lowest BCUT2D eigenvalue weighted by Crippen LogP contribution is -2.30. The number of hydrogen-bond acceptors (Lipinski definition) is 4. The molecule has 0 fully saturated rings. The number of aryl methyl sites for hydroxylation is 3. The fraction of sp³-hybridized carbons (Fsp3) is 0.273. The van der Waals surface area contributed by atoms with Gasteiger partial charge < -0.3 is 10.5 Å². The summed E-state index contributed by atoms with van der Waals surface area (Å²) in [6.45, 7) is 9.10. The smallest absolute Gasteiger partial charge is 0.248 e. The van der Waals surface area contributed by atoms with Gasteiger partial charge in [0, 0.05) is 48.1 Å². The predicted molar refractivity (Wildman–Crippen MR) is 152 cm³/mol. The zero-order valence-corrected chi connectivity index (χ0v) is 22.5. The van der Waals surface area contributed by atoms with Gasteiger partial charge in [0.1, 0.15) is 11.5 Å². The quantitative estimate of drug-likeness (QED) is 0.292. The maximum Gasteiger partial charge on any atom is 0.248 e. The lowest BCUT2D eigenvalue weighted by Gasteiger charge is -2.30. The lowest BCUT2D eigenvalue weighted by atomic mass is 9.94. The van der Waals surface area contributed by atoms with Crippen molar-refractivity contribution in [2.75, 3.05) is 6.54 Å². The first kappa shape index (κ1) is 25.7. The van der Waals surface area contributed by atoms with E-state index in [0.29, 0.717) is 11.3 Å². The van der Waals surface area contributed by atoms with E-state index in [1.807, 2.05) is 0 Å². The molecule has 1 aromatic heterocycles. The van der Waals surface area contributed by atoms with E-state index < -0.39 is 5.91 Å². The van der Waals surface area contributed by atoms with Crippen LogP contribution in [0.4, 0.5) is 0 Å². The highest BCUT2D eigenvalue weighted by molar-refractivity contribution is 5.92. The molecule has 194 valence electrons. The van der Waals surface area contributed by atoms with Crippen LogP contribution in [-0.4, -0.2) is 22.3 Å². The maximum absolute atomic E-state index is 11.6. The molecule has 0 bridgehead atoms. The van der Waals surface area contributed by atoms with E-state index in [1.165, 1.54) is 27.8 Å². The fourth-order valence-corrected chi connectivity index (χ4v) is 5.38. The molecule has 5 rings (SSSR count). The molecule has 2 N–H and O–H groups in total. The molecular formula is C33H35N3O2. The van der Waals surface area contributed by atoms with Crippen LogP contribution in [0.1, 0.15) is 57.7 Å². The van der Waals surface area contributed by atoms with Gasteiger partial charge in [-0.3, -0.25) is 14.7 Å². The molecule has 0 saturated carbocycles. The van der Waals surface area contributed by atoms with Crippen LogP contribution in [-0.2, 0) is 32.4 Å². The summed E-state index contributed by atoms with van der Waals surface area (Å²) >= 11 is 0. The summed E-state index contributed by atoms with van der Waals surface area (Å²) in [6, 6.07) is 24.3. The van der Waals surface area contributed by atoms with Gasteiger partial charge in [0.15, 0.2) is 0 Å². The van der Waals surface area contributed by atoms with Crippen molar-refractivity contribution in [2.24, 2.45) is 5.73 Å². The van der Waals surface area contributed by atoms with Crippen molar-refractivity contribution in [1.29, 1.82) is 0 Å². The van der Waals surface area contributed by atoms with Gasteiger partial charge in [-0.2, -0.15) is 0 Å². The van der Waals surface area contributed by atoms with Crippen molar-refractivity contribution < 1.29 is 9.53 Å². The molecule has 3 aromatic carbocycles. The van der Waals surface area contributed by atoms with Crippen LogP contribution in [0.15, 0.2) is 72.8 Å². The number of aromatic nitrogens is 1. The summed E-state index contributed by atoms with van der Waals surface area (Å²) in [7, 11) is 0. The standard InChI is InChI=1S/C33H35N3O2/c1-4-23-11-8-12-24(5-2)32(23)30-19-31(38-28-15-13-26(14-16-28)33(34)37)29(22(3)35-30)21-36-18-17-25-9-6-7-10-27(25)20-36/h6-16,19H,4-5,17-18,20-21H2,1-3H3,(H2,34,37). The number of amides is 1. The van der Waals surface area contributed by atoms with Crippen LogP contribution < -0.4 is 10.5 Å². The second-order valence-corrected chi connectivity index (χ2v) is 9.95. The van der Waals surface area contributed by atoms with E-state index in [2.05, 4.69) is 74.2 Å². The predicted octanol–water partition coefficient (Wildman–Crippen LogP) is 6.63. The molecule has 4 aromatic rings. The number of fused-ring (bicyclic) bond motifs is 1. The summed E-state index contributed by atoms with van der Waals surface area (Å²) in [4.78, 5) is 19.2. The molecule has 0 spiro atoms. The molecule has 5 nitrogen and oxygen atoms in total. The van der Waals surface area contributed by atoms with Gasteiger partial charge in [-0.1, -0.05) is 56.3 Å². The third kappa shape index (κ3) is 5.34. The highest BCUT2D eigenvalue weighted by Crippen LogP contribution is 2.36. The number of benzene rings is 3. The Balaban J connectivity index is 1.56. The zero-order chi connectivity index (χ0) is 26.6. The highest BCUT2D eigenvalue weighted by Gasteiger charge is 2.22. The van der Waals surface area contributed by atoms with E-state index in [1.54, 1.807) is 24.3 Å². The van der Waals surface area contributed by atoms with E-state index in [0.717, 1.165) is 61.6 Å². The van der Waals surface area contributed by atoms with E-state index in [-0.39, 0.29) is 0 Å². The minimum Gasteiger partial charge on any atom is -0.457 e. The first-order chi connectivity index (χ1) is 18.5. The molecule has 1 aliphatic heterocycles. The van der Waals surface area contributed by atoms with Crippen LogP contribution in [0.5, 0.6) is 11.5 Å². The average molecular weight is 506 g/mol. The Kier molecular flexibility index (Phi) is 7.57. The van der Waals surface area contributed by atoms with Crippen molar-refractivity contribution in [3.63, 3.8) is 0 Å². The number of carbonyl (C=O) groups excluding carboxylic acids is 1. The third-order valence-electron chi connectivity index (χ3n) is 7.50. The number of nitrogens with zero attached hydrogens (tertiary/aromatic N) is 2. The van der Waals surface area contributed by atoms with Crippen molar-refractivity contribution in [3.8, 4) is 22.8 Å². The summed E-state index contributed by atoms with van der Waals surface area (Å²) in [5.41, 5.74) is 15.5. The first-order valence-corrected chi connectivity index (χ1v) is 13.4. The first-order valence-electron chi connectivity index (χ1n) is 13.4. The number of hydrogen-bond donors (Lipinski definition) is 1. The largest absolute Gasteiger partial charge is 0.457 e. The third-order valence-corrected chi connectivity index (χ3v) is 7.50. The van der Waals surface area contributed by atoms with Crippen molar-refractivity contribution in [2.45, 2.75) is 53.1 Å². The second-order valence-electron chi connectivity index (χ2n) is 9.95. The van der Waals surface area contributed by atoms with Crippen LogP contribution >= 0.6 is 0 Å². The van der Waals surface area contributed by atoms with Crippen molar-refractivity contribution in [1.82, 2.24) is 9.88 Å². The van der Waals surface area contributed by atoms with Gasteiger partial charge >= 0.3 is 0 Å². The van der Waals surface area contributed by atoms with E-state index in [4.69, 9.17) is 15.5 Å². The molecule has 1 amide bonds. The Morgan fingerprint density at radius 2 is 1.63 bits per heavy atom. The van der Waals surface area contributed by atoms with Gasteiger partial charge in [-0.05, 0) is 72.7 Å². The maximum atomic E-state index is 11.6. The SMILES string of the molecule is CCc1cccc(CC)c1-c1cc(Oc2ccc(C(N)=O)cc2)c(CN2CCc3ccccc3C2)c(C)n1. The number of rotatable bonds is 8. The molecule has 0 unspecified atom stereocenters. The second kappa shape index (κ2) is 11.2. The van der Waals surface area contributed by atoms with Crippen LogP contribution in [0, 0.1) is 6.92 Å². The normalized spacial score (nSPS) is 13.2. The van der Waals surface area contributed by atoms with Crippen LogP contribution in [0.25, 0.3) is 11.3 Å². The molecular weight excluding hydrogens is 470 g/mol. The Morgan fingerprint density at radius 3 is 2.29 bits per heavy atom. The van der Waals surface area contributed by atoms with Crippen LogP contribution in [0.2, 0.25) is 0 Å². The monoisotopic (exact) mass is 505 g/mol. The van der Waals surface area contributed by atoms with Crippen molar-refractivity contribution >= 4 is 5.91 Å². The summed E-state index contributed by atoms with van der Waals surface area (Å²) in [5, 5.41) is 0. The molecule has 0 atom stereocenters. The average Bonchev–Trinajstić information content (AvgIpc) is 2.94. The van der Waals surface area contributed by atoms with Crippen LogP contribution in [0.3, 0.4) is 0 Å². The minimum atomic E-state index is -0.451. The molecule has 0 radical (unpaired) electrons.